The van der Waals surface area contributed by atoms with Crippen LogP contribution in [0.25, 0.3) is 0 Å². The second-order valence-electron chi connectivity index (χ2n) is 19.7. The van der Waals surface area contributed by atoms with Crippen LogP contribution in [0, 0.1) is 82.9 Å². The lowest BCUT2D eigenvalue weighted by atomic mass is 9.83. The Morgan fingerprint density at radius 3 is 0.768 bits per heavy atom. The van der Waals surface area contributed by atoms with Crippen LogP contribution in [0.3, 0.4) is 0 Å². The molecule has 4 N–H and O–H groups in total. The van der Waals surface area contributed by atoms with E-state index in [1.54, 1.807) is 0 Å². The van der Waals surface area contributed by atoms with Crippen LogP contribution in [0.1, 0.15) is 175 Å². The first-order chi connectivity index (χ1) is 26.2. The fraction of sp³-hybridized carbons (Fsp3) is 0.917. The maximum atomic E-state index is 14.3. The van der Waals surface area contributed by atoms with Crippen molar-refractivity contribution < 1.29 is 19.2 Å². The number of carbonyl (C=O) groups excluding carboxylic acids is 4. The van der Waals surface area contributed by atoms with Gasteiger partial charge in [-0.1, -0.05) is 136 Å². The molecule has 0 radical (unpaired) electrons. The van der Waals surface area contributed by atoms with Gasteiger partial charge in [0.05, 0.1) is 11.8 Å². The van der Waals surface area contributed by atoms with E-state index < -0.39 is 11.8 Å². The van der Waals surface area contributed by atoms with Gasteiger partial charge in [-0.25, -0.2) is 0 Å². The molecule has 0 aromatic carbocycles. The van der Waals surface area contributed by atoms with Gasteiger partial charge in [0.25, 0.3) is 0 Å². The van der Waals surface area contributed by atoms with Crippen molar-refractivity contribution in [3.05, 3.63) is 0 Å². The van der Waals surface area contributed by atoms with Gasteiger partial charge in [-0.3, -0.25) is 19.2 Å². The molecule has 56 heavy (non-hydrogen) atoms. The zero-order valence-electron chi connectivity index (χ0n) is 39.6. The molecule has 10 unspecified atom stereocenters. The highest BCUT2D eigenvalue weighted by atomic mass is 16.2. The largest absolute Gasteiger partial charge is 0.356 e. The van der Waals surface area contributed by atoms with Crippen molar-refractivity contribution in [2.24, 2.45) is 82.9 Å². The second kappa shape index (κ2) is 29.1. The molecule has 0 aromatic heterocycles. The summed E-state index contributed by atoms with van der Waals surface area (Å²) in [5.74, 6) is 2.40. The molecule has 0 saturated heterocycles. The summed E-state index contributed by atoms with van der Waals surface area (Å²) in [4.78, 5) is 56.0. The minimum absolute atomic E-state index is 0.146. The van der Waals surface area contributed by atoms with Gasteiger partial charge in [-0.15, -0.1) is 0 Å². The summed E-state index contributed by atoms with van der Waals surface area (Å²) in [6, 6.07) is 0. The fourth-order valence-electron chi connectivity index (χ4n) is 8.81. The molecule has 0 aliphatic heterocycles. The summed E-state index contributed by atoms with van der Waals surface area (Å²) in [6.07, 6.45) is 8.05. The fourth-order valence-corrected chi connectivity index (χ4v) is 8.81. The number of carbonyl (C=O) groups is 4. The van der Waals surface area contributed by atoms with Crippen molar-refractivity contribution in [3.63, 3.8) is 0 Å². The van der Waals surface area contributed by atoms with Crippen molar-refractivity contribution in [1.29, 1.82) is 0 Å². The Kier molecular flexibility index (Phi) is 28.0. The molecule has 0 bridgehead atoms. The summed E-state index contributed by atoms with van der Waals surface area (Å²) in [6.45, 7) is 37.4. The predicted octanol–water partition coefficient (Wildman–Crippen LogP) is 10.3. The van der Waals surface area contributed by atoms with Crippen LogP contribution < -0.4 is 21.3 Å². The Balaban J connectivity index is 6.44. The van der Waals surface area contributed by atoms with Crippen LogP contribution in [0.5, 0.6) is 0 Å². The van der Waals surface area contributed by atoms with Gasteiger partial charge in [0.1, 0.15) is 0 Å². The molecular formula is C48H94N4O4. The van der Waals surface area contributed by atoms with Crippen molar-refractivity contribution in [2.45, 2.75) is 175 Å². The van der Waals surface area contributed by atoms with E-state index in [-0.39, 0.29) is 60.1 Å². The first-order valence-corrected chi connectivity index (χ1v) is 23.3. The highest BCUT2D eigenvalue weighted by molar-refractivity contribution is 5.93. The summed E-state index contributed by atoms with van der Waals surface area (Å²) >= 11 is 0. The Bertz CT molecular complexity index is 1010. The molecule has 0 rings (SSSR count). The van der Waals surface area contributed by atoms with Crippen LogP contribution >= 0.6 is 0 Å². The Morgan fingerprint density at radius 2 is 0.571 bits per heavy atom. The normalized spacial score (nSPS) is 17.4. The smallest absolute Gasteiger partial charge is 0.224 e. The van der Waals surface area contributed by atoms with Crippen molar-refractivity contribution in [3.8, 4) is 0 Å². The highest BCUT2D eigenvalue weighted by Crippen LogP contribution is 2.28. The number of hydrogen-bond acceptors (Lipinski definition) is 4. The van der Waals surface area contributed by atoms with Gasteiger partial charge < -0.3 is 21.3 Å². The summed E-state index contributed by atoms with van der Waals surface area (Å²) in [5.41, 5.74) is 0. The Hall–Kier alpha value is -2.12. The zero-order valence-corrected chi connectivity index (χ0v) is 39.6. The second-order valence-corrected chi connectivity index (χ2v) is 19.7. The van der Waals surface area contributed by atoms with E-state index in [1.165, 1.54) is 0 Å². The first-order valence-electron chi connectivity index (χ1n) is 23.3. The maximum Gasteiger partial charge on any atom is 0.224 e. The van der Waals surface area contributed by atoms with E-state index >= 15 is 0 Å². The monoisotopic (exact) mass is 791 g/mol. The minimum atomic E-state index is -0.980. The van der Waals surface area contributed by atoms with Gasteiger partial charge in [0.15, 0.2) is 0 Å². The van der Waals surface area contributed by atoms with E-state index in [4.69, 9.17) is 0 Å². The summed E-state index contributed by atoms with van der Waals surface area (Å²) in [5, 5.41) is 12.5. The third kappa shape index (κ3) is 22.1. The zero-order chi connectivity index (χ0) is 43.1. The molecule has 8 heteroatoms. The molecule has 4 amide bonds. The third-order valence-corrected chi connectivity index (χ3v) is 13.2. The third-order valence-electron chi connectivity index (χ3n) is 13.2. The number of hydrogen-bond donors (Lipinski definition) is 4. The van der Waals surface area contributed by atoms with E-state index in [9.17, 15) is 19.2 Å². The summed E-state index contributed by atoms with van der Waals surface area (Å²) in [7, 11) is 0. The standard InChI is InChI=1S/C48H94N4O4/c1-17-39(31(5)6)21-35(13)27-49-45(53)25-43(47(55)51-29-37(15)23-41(19-3)33(9)10)44(48(56)52-30-38(16)24-42(20-4)34(11)12)26-46(54)50-28-36(14)22-40(18-2)32(7)8/h31-44H,17-30H2,1-16H3,(H,49,53)(H,50,54)(H,51,55)(H,52,56). The number of amides is 4. The molecule has 0 aliphatic carbocycles. The highest BCUT2D eigenvalue weighted by Gasteiger charge is 2.37. The molecule has 0 spiro atoms. The molecule has 330 valence electrons. The molecule has 0 aliphatic rings. The minimum Gasteiger partial charge on any atom is -0.356 e. The summed E-state index contributed by atoms with van der Waals surface area (Å²) < 4.78 is 0. The molecule has 0 heterocycles. The topological polar surface area (TPSA) is 116 Å². The van der Waals surface area contributed by atoms with E-state index in [0.717, 1.165) is 51.4 Å². The van der Waals surface area contributed by atoms with Gasteiger partial charge in [-0.05, 0) is 96.7 Å². The lowest BCUT2D eigenvalue weighted by Crippen LogP contribution is -2.47. The number of nitrogens with one attached hydrogen (secondary N) is 4. The van der Waals surface area contributed by atoms with Gasteiger partial charge in [0, 0.05) is 39.0 Å². The maximum absolute atomic E-state index is 14.3. The van der Waals surface area contributed by atoms with E-state index in [2.05, 4.69) is 132 Å². The predicted molar refractivity (Wildman–Crippen MR) is 238 cm³/mol. The molecule has 10 atom stereocenters. The van der Waals surface area contributed by atoms with Gasteiger partial charge in [0.2, 0.25) is 23.6 Å². The van der Waals surface area contributed by atoms with Crippen LogP contribution in [0.4, 0.5) is 0 Å². The Morgan fingerprint density at radius 1 is 0.357 bits per heavy atom. The van der Waals surface area contributed by atoms with Crippen LogP contribution in [0.2, 0.25) is 0 Å². The molecule has 0 saturated carbocycles. The van der Waals surface area contributed by atoms with Crippen LogP contribution in [-0.4, -0.2) is 49.8 Å². The average Bonchev–Trinajstić information content (AvgIpc) is 3.14. The van der Waals surface area contributed by atoms with Crippen LogP contribution in [-0.2, 0) is 19.2 Å². The quantitative estimate of drug-likeness (QED) is 0.0560. The number of rotatable bonds is 31. The van der Waals surface area contributed by atoms with Crippen LogP contribution in [0.15, 0.2) is 0 Å². The first kappa shape index (κ1) is 53.9. The van der Waals surface area contributed by atoms with Crippen molar-refractivity contribution in [1.82, 2.24) is 21.3 Å². The van der Waals surface area contributed by atoms with E-state index in [1.807, 2.05) is 0 Å². The lowest BCUT2D eigenvalue weighted by Gasteiger charge is -2.29. The van der Waals surface area contributed by atoms with Crippen molar-refractivity contribution >= 4 is 23.6 Å². The lowest BCUT2D eigenvalue weighted by molar-refractivity contribution is -0.140. The van der Waals surface area contributed by atoms with Gasteiger partial charge in [-0.2, -0.15) is 0 Å². The molecular weight excluding hydrogens is 697 g/mol. The van der Waals surface area contributed by atoms with Gasteiger partial charge >= 0.3 is 0 Å². The van der Waals surface area contributed by atoms with E-state index in [0.29, 0.717) is 73.5 Å². The Labute approximate surface area is 347 Å². The molecule has 8 nitrogen and oxygen atoms in total. The average molecular weight is 791 g/mol. The SMILES string of the molecule is CCC(CC(C)CNC(=O)CC(C(=O)NCC(C)CC(CC)C(C)C)C(CC(=O)NCC(C)CC(CC)C(C)C)C(=O)NCC(C)CC(CC)C(C)C)C(C)C. The molecule has 0 fully saturated rings. The molecule has 0 aromatic rings. The van der Waals surface area contributed by atoms with Crippen molar-refractivity contribution in [2.75, 3.05) is 26.2 Å².